The van der Waals surface area contributed by atoms with Gasteiger partial charge in [-0.1, -0.05) is 11.6 Å². The van der Waals surface area contributed by atoms with E-state index in [1.165, 1.54) is 18.2 Å². The zero-order chi connectivity index (χ0) is 13.8. The summed E-state index contributed by atoms with van der Waals surface area (Å²) in [5.74, 6) is -0.433. The molecule has 0 saturated carbocycles. The van der Waals surface area contributed by atoms with E-state index in [9.17, 15) is 14.9 Å². The van der Waals surface area contributed by atoms with Crippen molar-refractivity contribution in [1.82, 2.24) is 10.6 Å². The van der Waals surface area contributed by atoms with Crippen molar-refractivity contribution in [3.8, 4) is 0 Å². The molecule has 0 spiro atoms. The summed E-state index contributed by atoms with van der Waals surface area (Å²) in [4.78, 5) is 22.4. The highest BCUT2D eigenvalue weighted by Crippen LogP contribution is 2.23. The number of nitrogens with one attached hydrogen (secondary N) is 2. The summed E-state index contributed by atoms with van der Waals surface area (Å²) < 4.78 is 0. The summed E-state index contributed by atoms with van der Waals surface area (Å²) in [6, 6.07) is 4.06. The monoisotopic (exact) mass is 319 g/mol. The molecule has 1 aromatic rings. The highest BCUT2D eigenvalue weighted by molar-refractivity contribution is 6.31. The Bertz CT molecular complexity index is 505. The van der Waals surface area contributed by atoms with Crippen molar-refractivity contribution < 1.29 is 9.72 Å². The van der Waals surface area contributed by atoms with Crippen molar-refractivity contribution in [1.29, 1.82) is 0 Å². The molecule has 0 aromatic heterocycles. The van der Waals surface area contributed by atoms with Crippen LogP contribution in [0.3, 0.4) is 0 Å². The first-order valence-corrected chi connectivity index (χ1v) is 6.41. The third-order valence-electron chi connectivity index (χ3n) is 3.03. The number of carbonyl (C=O) groups is 1. The molecule has 1 aliphatic rings. The van der Waals surface area contributed by atoms with Crippen molar-refractivity contribution in [2.45, 2.75) is 18.9 Å². The molecule has 0 unspecified atom stereocenters. The summed E-state index contributed by atoms with van der Waals surface area (Å²) in [7, 11) is 0. The molecule has 2 rings (SSSR count). The van der Waals surface area contributed by atoms with Gasteiger partial charge in [0.2, 0.25) is 0 Å². The molecule has 0 bridgehead atoms. The molecular weight excluding hydrogens is 305 g/mol. The van der Waals surface area contributed by atoms with Crippen LogP contribution in [0.15, 0.2) is 18.2 Å². The Morgan fingerprint density at radius 3 is 2.85 bits per heavy atom. The number of amides is 1. The quantitative estimate of drug-likeness (QED) is 0.660. The van der Waals surface area contributed by atoms with Crippen LogP contribution in [0.25, 0.3) is 0 Å². The van der Waals surface area contributed by atoms with Crippen LogP contribution < -0.4 is 10.6 Å². The third kappa shape index (κ3) is 4.06. The minimum atomic E-state index is -0.597. The number of piperidine rings is 1. The zero-order valence-electron chi connectivity index (χ0n) is 10.6. The van der Waals surface area contributed by atoms with Crippen molar-refractivity contribution in [3.63, 3.8) is 0 Å². The molecule has 0 aliphatic carbocycles. The second-order valence-electron chi connectivity index (χ2n) is 4.44. The lowest BCUT2D eigenvalue weighted by atomic mass is 10.1. The van der Waals surface area contributed by atoms with Gasteiger partial charge in [0.1, 0.15) is 5.56 Å². The lowest BCUT2D eigenvalue weighted by Gasteiger charge is -2.23. The number of hydrogen-bond acceptors (Lipinski definition) is 4. The molecule has 6 nitrogen and oxygen atoms in total. The number of nitro groups is 1. The van der Waals surface area contributed by atoms with E-state index in [1.54, 1.807) is 0 Å². The fraction of sp³-hybridized carbons (Fsp3) is 0.417. The van der Waals surface area contributed by atoms with Crippen LogP contribution in [0.2, 0.25) is 5.02 Å². The first-order chi connectivity index (χ1) is 9.08. The summed E-state index contributed by atoms with van der Waals surface area (Å²) in [5, 5.41) is 17.1. The summed E-state index contributed by atoms with van der Waals surface area (Å²) in [5.41, 5.74) is -0.228. The van der Waals surface area contributed by atoms with Gasteiger partial charge >= 0.3 is 0 Å². The van der Waals surface area contributed by atoms with E-state index in [1.807, 2.05) is 0 Å². The topological polar surface area (TPSA) is 84.3 Å². The van der Waals surface area contributed by atoms with Gasteiger partial charge < -0.3 is 10.6 Å². The van der Waals surface area contributed by atoms with Gasteiger partial charge in [-0.2, -0.15) is 0 Å². The van der Waals surface area contributed by atoms with Crippen LogP contribution in [0.4, 0.5) is 5.69 Å². The molecule has 1 fully saturated rings. The third-order valence-corrected chi connectivity index (χ3v) is 3.27. The zero-order valence-corrected chi connectivity index (χ0v) is 12.2. The first-order valence-electron chi connectivity index (χ1n) is 6.03. The van der Waals surface area contributed by atoms with Crippen molar-refractivity contribution in [2.75, 3.05) is 13.1 Å². The molecule has 1 heterocycles. The number of nitro benzene ring substituents is 1. The number of rotatable bonds is 3. The summed E-state index contributed by atoms with van der Waals surface area (Å²) in [6.45, 7) is 1.63. The van der Waals surface area contributed by atoms with Gasteiger partial charge in [0.15, 0.2) is 0 Å². The molecule has 8 heteroatoms. The van der Waals surface area contributed by atoms with Crippen molar-refractivity contribution in [3.05, 3.63) is 38.9 Å². The molecule has 1 atom stereocenters. The molecule has 2 N–H and O–H groups in total. The Balaban J connectivity index is 0.00000200. The molecule has 1 aromatic carbocycles. The number of carbonyl (C=O) groups excluding carboxylic acids is 1. The molecule has 20 heavy (non-hydrogen) atoms. The largest absolute Gasteiger partial charge is 0.348 e. The van der Waals surface area contributed by atoms with E-state index in [0.29, 0.717) is 6.54 Å². The maximum absolute atomic E-state index is 12.1. The van der Waals surface area contributed by atoms with E-state index in [2.05, 4.69) is 10.6 Å². The first kappa shape index (κ1) is 16.7. The van der Waals surface area contributed by atoms with Gasteiger partial charge in [-0.3, -0.25) is 14.9 Å². The molecule has 1 aliphatic heterocycles. The summed E-state index contributed by atoms with van der Waals surface area (Å²) >= 11 is 5.71. The van der Waals surface area contributed by atoms with Gasteiger partial charge in [0, 0.05) is 23.7 Å². The van der Waals surface area contributed by atoms with E-state index >= 15 is 0 Å². The maximum atomic E-state index is 12.1. The van der Waals surface area contributed by atoms with E-state index in [4.69, 9.17) is 11.6 Å². The van der Waals surface area contributed by atoms with Gasteiger partial charge in [-0.25, -0.2) is 0 Å². The van der Waals surface area contributed by atoms with E-state index in [-0.39, 0.29) is 34.7 Å². The van der Waals surface area contributed by atoms with Crippen LogP contribution in [0, 0.1) is 10.1 Å². The van der Waals surface area contributed by atoms with E-state index in [0.717, 1.165) is 19.4 Å². The van der Waals surface area contributed by atoms with Gasteiger partial charge in [0.05, 0.1) is 4.92 Å². The predicted octanol–water partition coefficient (Wildman–Crippen LogP) is 2.15. The Morgan fingerprint density at radius 1 is 1.50 bits per heavy atom. The SMILES string of the molecule is Cl.O=C(N[C@H]1CCCNC1)c1ccc(Cl)cc1[N+](=O)[O-]. The van der Waals surface area contributed by atoms with Crippen LogP contribution in [-0.2, 0) is 0 Å². The number of hydrogen-bond donors (Lipinski definition) is 2. The number of nitrogens with zero attached hydrogens (tertiary/aromatic N) is 1. The van der Waals surface area contributed by atoms with Crippen molar-refractivity contribution in [2.24, 2.45) is 0 Å². The molecule has 1 amide bonds. The average molecular weight is 320 g/mol. The molecule has 110 valence electrons. The van der Waals surface area contributed by atoms with Crippen molar-refractivity contribution >= 4 is 35.6 Å². The van der Waals surface area contributed by atoms with Crippen LogP contribution >= 0.6 is 24.0 Å². The second-order valence-corrected chi connectivity index (χ2v) is 4.87. The normalized spacial score (nSPS) is 17.9. The minimum absolute atomic E-state index is 0. The summed E-state index contributed by atoms with van der Waals surface area (Å²) in [6.07, 6.45) is 1.85. The Labute approximate surface area is 127 Å². The number of halogens is 2. The Morgan fingerprint density at radius 2 is 2.25 bits per heavy atom. The second kappa shape index (κ2) is 7.42. The average Bonchev–Trinajstić information content (AvgIpc) is 2.39. The van der Waals surface area contributed by atoms with Gasteiger partial charge in [0.25, 0.3) is 11.6 Å². The molecular formula is C12H15Cl2N3O3. The molecule has 1 saturated heterocycles. The Hall–Kier alpha value is -1.37. The number of benzene rings is 1. The highest BCUT2D eigenvalue weighted by Gasteiger charge is 2.23. The van der Waals surface area contributed by atoms with Crippen LogP contribution in [0.1, 0.15) is 23.2 Å². The fourth-order valence-electron chi connectivity index (χ4n) is 2.09. The van der Waals surface area contributed by atoms with Gasteiger partial charge in [-0.15, -0.1) is 12.4 Å². The lowest BCUT2D eigenvalue weighted by molar-refractivity contribution is -0.385. The highest BCUT2D eigenvalue weighted by atomic mass is 35.5. The van der Waals surface area contributed by atoms with Crippen LogP contribution in [-0.4, -0.2) is 30.0 Å². The molecule has 0 radical (unpaired) electrons. The standard InChI is InChI=1S/C12H14ClN3O3.ClH/c13-8-3-4-10(11(6-8)16(18)19)12(17)15-9-2-1-5-14-7-9;/h3-4,6,9,14H,1-2,5,7H2,(H,15,17);1H/t9-;/m0./s1. The maximum Gasteiger partial charge on any atom is 0.283 e. The minimum Gasteiger partial charge on any atom is -0.348 e. The van der Waals surface area contributed by atoms with Gasteiger partial charge in [-0.05, 0) is 31.5 Å². The van der Waals surface area contributed by atoms with Crippen LogP contribution in [0.5, 0.6) is 0 Å². The predicted molar refractivity (Wildman–Crippen MR) is 78.7 cm³/mol. The van der Waals surface area contributed by atoms with E-state index < -0.39 is 10.8 Å². The lowest BCUT2D eigenvalue weighted by Crippen LogP contribution is -2.45. The fourth-order valence-corrected chi connectivity index (χ4v) is 2.25. The Kier molecular flexibility index (Phi) is 6.19. The smallest absolute Gasteiger partial charge is 0.283 e.